The van der Waals surface area contributed by atoms with Gasteiger partial charge in [-0.1, -0.05) is 12.5 Å². The average molecular weight is 295 g/mol. The SMILES string of the molecule is COc1cccc(C(=O)NCCCCCC(=O)O)c1OC. The Kier molecular flexibility index (Phi) is 7.08. The zero-order chi connectivity index (χ0) is 15.7. The maximum atomic E-state index is 12.1. The van der Waals surface area contributed by atoms with Crippen LogP contribution in [-0.2, 0) is 4.79 Å². The van der Waals surface area contributed by atoms with Gasteiger partial charge in [-0.05, 0) is 25.0 Å². The minimum atomic E-state index is -0.792. The Labute approximate surface area is 124 Å². The number of nitrogens with one attached hydrogen (secondary N) is 1. The molecule has 0 radical (unpaired) electrons. The molecule has 0 fully saturated rings. The smallest absolute Gasteiger partial charge is 0.303 e. The van der Waals surface area contributed by atoms with E-state index in [-0.39, 0.29) is 12.3 Å². The molecule has 116 valence electrons. The first-order chi connectivity index (χ1) is 10.1. The van der Waals surface area contributed by atoms with Gasteiger partial charge in [-0.2, -0.15) is 0 Å². The first kappa shape index (κ1) is 16.8. The number of rotatable bonds is 9. The van der Waals surface area contributed by atoms with Crippen molar-refractivity contribution in [1.29, 1.82) is 0 Å². The van der Waals surface area contributed by atoms with E-state index in [4.69, 9.17) is 14.6 Å². The lowest BCUT2D eigenvalue weighted by molar-refractivity contribution is -0.137. The van der Waals surface area contributed by atoms with E-state index in [0.29, 0.717) is 30.0 Å². The molecule has 0 heterocycles. The lowest BCUT2D eigenvalue weighted by Crippen LogP contribution is -2.25. The molecule has 6 heteroatoms. The largest absolute Gasteiger partial charge is 0.493 e. The highest BCUT2D eigenvalue weighted by Crippen LogP contribution is 2.30. The van der Waals surface area contributed by atoms with Crippen LogP contribution in [-0.4, -0.2) is 37.7 Å². The van der Waals surface area contributed by atoms with E-state index in [1.807, 2.05) is 0 Å². The van der Waals surface area contributed by atoms with Crippen LogP contribution in [0.15, 0.2) is 18.2 Å². The molecule has 0 bridgehead atoms. The Balaban J connectivity index is 2.47. The number of amides is 1. The summed E-state index contributed by atoms with van der Waals surface area (Å²) in [6.07, 6.45) is 2.29. The van der Waals surface area contributed by atoms with E-state index in [9.17, 15) is 9.59 Å². The molecule has 21 heavy (non-hydrogen) atoms. The van der Waals surface area contributed by atoms with Gasteiger partial charge in [0.05, 0.1) is 19.8 Å². The molecule has 0 aliphatic carbocycles. The Morgan fingerprint density at radius 3 is 2.52 bits per heavy atom. The van der Waals surface area contributed by atoms with E-state index in [1.165, 1.54) is 14.2 Å². The standard InChI is InChI=1S/C15H21NO5/c1-20-12-8-6-7-11(14(12)21-2)15(19)16-10-5-3-4-9-13(17)18/h6-8H,3-5,9-10H2,1-2H3,(H,16,19)(H,17,18). The molecule has 0 aliphatic rings. The quantitative estimate of drug-likeness (QED) is 0.681. The molecule has 0 spiro atoms. The third kappa shape index (κ3) is 5.33. The number of carbonyl (C=O) groups excluding carboxylic acids is 1. The molecule has 0 saturated heterocycles. The van der Waals surface area contributed by atoms with E-state index in [1.54, 1.807) is 18.2 Å². The number of aliphatic carboxylic acids is 1. The van der Waals surface area contributed by atoms with Crippen molar-refractivity contribution in [3.05, 3.63) is 23.8 Å². The summed E-state index contributed by atoms with van der Waals surface area (Å²) < 4.78 is 10.4. The molecule has 1 aromatic rings. The van der Waals surface area contributed by atoms with Gasteiger partial charge >= 0.3 is 5.97 Å². The molecule has 0 unspecified atom stereocenters. The highest BCUT2D eigenvalue weighted by Gasteiger charge is 2.15. The molecular weight excluding hydrogens is 274 g/mol. The van der Waals surface area contributed by atoms with Gasteiger partial charge in [0.15, 0.2) is 11.5 Å². The van der Waals surface area contributed by atoms with Gasteiger partial charge in [0, 0.05) is 13.0 Å². The Morgan fingerprint density at radius 2 is 1.90 bits per heavy atom. The van der Waals surface area contributed by atoms with Crippen LogP contribution in [0.2, 0.25) is 0 Å². The number of carbonyl (C=O) groups is 2. The Bertz CT molecular complexity index is 487. The molecule has 1 aromatic carbocycles. The zero-order valence-electron chi connectivity index (χ0n) is 12.3. The van der Waals surface area contributed by atoms with Gasteiger partial charge in [0.25, 0.3) is 5.91 Å². The summed E-state index contributed by atoms with van der Waals surface area (Å²) in [4.78, 5) is 22.5. The van der Waals surface area contributed by atoms with Gasteiger partial charge in [-0.25, -0.2) is 0 Å². The maximum Gasteiger partial charge on any atom is 0.303 e. The number of carboxylic acid groups (broad SMARTS) is 1. The summed E-state index contributed by atoms with van der Waals surface area (Å²) in [5.74, 6) is -0.112. The lowest BCUT2D eigenvalue weighted by Gasteiger charge is -2.12. The second-order valence-electron chi connectivity index (χ2n) is 4.50. The van der Waals surface area contributed by atoms with Crippen molar-refractivity contribution in [3.63, 3.8) is 0 Å². The van der Waals surface area contributed by atoms with Crippen molar-refractivity contribution < 1.29 is 24.2 Å². The number of unbranched alkanes of at least 4 members (excludes halogenated alkanes) is 2. The van der Waals surface area contributed by atoms with Crippen LogP contribution < -0.4 is 14.8 Å². The zero-order valence-corrected chi connectivity index (χ0v) is 12.3. The molecule has 0 aliphatic heterocycles. The van der Waals surface area contributed by atoms with Gasteiger partial charge in [-0.15, -0.1) is 0 Å². The average Bonchev–Trinajstić information content (AvgIpc) is 2.49. The number of hydrogen-bond acceptors (Lipinski definition) is 4. The van der Waals surface area contributed by atoms with Crippen molar-refractivity contribution in [3.8, 4) is 11.5 Å². The lowest BCUT2D eigenvalue weighted by atomic mass is 10.1. The predicted octanol–water partition coefficient (Wildman–Crippen LogP) is 2.08. The second kappa shape index (κ2) is 8.84. The highest BCUT2D eigenvalue weighted by molar-refractivity contribution is 5.97. The summed E-state index contributed by atoms with van der Waals surface area (Å²) in [5, 5.41) is 11.3. The normalized spacial score (nSPS) is 10.0. The fraction of sp³-hybridized carbons (Fsp3) is 0.467. The summed E-state index contributed by atoms with van der Waals surface area (Å²) in [6.45, 7) is 0.499. The van der Waals surface area contributed by atoms with Crippen LogP contribution in [0.1, 0.15) is 36.0 Å². The van der Waals surface area contributed by atoms with Crippen molar-refractivity contribution in [2.45, 2.75) is 25.7 Å². The number of hydrogen-bond donors (Lipinski definition) is 2. The van der Waals surface area contributed by atoms with Crippen molar-refractivity contribution in [2.75, 3.05) is 20.8 Å². The number of methoxy groups -OCH3 is 2. The van der Waals surface area contributed by atoms with Gasteiger partial charge in [0.2, 0.25) is 0 Å². The molecule has 1 amide bonds. The van der Waals surface area contributed by atoms with Gasteiger partial charge in [-0.3, -0.25) is 9.59 Å². The molecule has 0 saturated carbocycles. The van der Waals surface area contributed by atoms with E-state index in [2.05, 4.69) is 5.32 Å². The third-order valence-electron chi connectivity index (χ3n) is 3.00. The number of para-hydroxylation sites is 1. The molecule has 2 N–H and O–H groups in total. The summed E-state index contributed by atoms with van der Waals surface area (Å²) in [7, 11) is 3.00. The minimum absolute atomic E-state index is 0.164. The summed E-state index contributed by atoms with van der Waals surface area (Å²) in [5.41, 5.74) is 0.419. The van der Waals surface area contributed by atoms with Gasteiger partial charge < -0.3 is 19.9 Å². The van der Waals surface area contributed by atoms with Crippen molar-refractivity contribution in [2.24, 2.45) is 0 Å². The van der Waals surface area contributed by atoms with E-state index in [0.717, 1.165) is 12.8 Å². The monoisotopic (exact) mass is 295 g/mol. The van der Waals surface area contributed by atoms with Crippen LogP contribution in [0.5, 0.6) is 11.5 Å². The molecule has 1 rings (SSSR count). The fourth-order valence-corrected chi connectivity index (χ4v) is 1.94. The van der Waals surface area contributed by atoms with Crippen LogP contribution in [0.3, 0.4) is 0 Å². The third-order valence-corrected chi connectivity index (χ3v) is 3.00. The number of benzene rings is 1. The first-order valence-electron chi connectivity index (χ1n) is 6.81. The predicted molar refractivity (Wildman–Crippen MR) is 78.0 cm³/mol. The second-order valence-corrected chi connectivity index (χ2v) is 4.50. The van der Waals surface area contributed by atoms with Crippen LogP contribution in [0.25, 0.3) is 0 Å². The van der Waals surface area contributed by atoms with Crippen molar-refractivity contribution >= 4 is 11.9 Å². The maximum absolute atomic E-state index is 12.1. The van der Waals surface area contributed by atoms with Gasteiger partial charge in [0.1, 0.15) is 0 Å². The Hall–Kier alpha value is -2.24. The van der Waals surface area contributed by atoms with Crippen molar-refractivity contribution in [1.82, 2.24) is 5.32 Å². The first-order valence-corrected chi connectivity index (χ1v) is 6.81. The Morgan fingerprint density at radius 1 is 1.14 bits per heavy atom. The molecule has 0 aromatic heterocycles. The summed E-state index contributed by atoms with van der Waals surface area (Å²) >= 11 is 0. The van der Waals surface area contributed by atoms with Crippen LogP contribution >= 0.6 is 0 Å². The number of carboxylic acids is 1. The minimum Gasteiger partial charge on any atom is -0.493 e. The van der Waals surface area contributed by atoms with Crippen LogP contribution in [0.4, 0.5) is 0 Å². The van der Waals surface area contributed by atoms with E-state index >= 15 is 0 Å². The van der Waals surface area contributed by atoms with Crippen LogP contribution in [0, 0.1) is 0 Å². The summed E-state index contributed by atoms with van der Waals surface area (Å²) in [6, 6.07) is 5.12. The molecule has 0 atom stereocenters. The number of ether oxygens (including phenoxy) is 2. The van der Waals surface area contributed by atoms with E-state index < -0.39 is 5.97 Å². The molecular formula is C15H21NO5. The molecule has 6 nitrogen and oxygen atoms in total. The fourth-order valence-electron chi connectivity index (χ4n) is 1.94. The topological polar surface area (TPSA) is 84.9 Å². The highest BCUT2D eigenvalue weighted by atomic mass is 16.5.